The zero-order chi connectivity index (χ0) is 12.3. The van der Waals surface area contributed by atoms with Crippen molar-refractivity contribution in [3.05, 3.63) is 30.5 Å². The van der Waals surface area contributed by atoms with Crippen LogP contribution in [0.5, 0.6) is 0 Å². The van der Waals surface area contributed by atoms with Crippen LogP contribution in [0.3, 0.4) is 0 Å². The maximum Gasteiger partial charge on any atom is 0.241 e. The second kappa shape index (κ2) is 4.78. The van der Waals surface area contributed by atoms with Crippen LogP contribution in [0.4, 0.5) is 5.82 Å². The first-order chi connectivity index (χ1) is 8.16. The van der Waals surface area contributed by atoms with Gasteiger partial charge in [0, 0.05) is 14.1 Å². The van der Waals surface area contributed by atoms with Crippen LogP contribution in [0.25, 0.3) is 11.0 Å². The fraction of sp³-hybridized carbons (Fsp3) is 0.250. The molecule has 1 N–H and O–H groups in total. The number of nitrogens with zero attached hydrogens (tertiary/aromatic N) is 3. The van der Waals surface area contributed by atoms with Gasteiger partial charge in [0.25, 0.3) is 0 Å². The summed E-state index contributed by atoms with van der Waals surface area (Å²) in [5.74, 6) is 0.610. The van der Waals surface area contributed by atoms with Crippen molar-refractivity contribution in [2.24, 2.45) is 0 Å². The highest BCUT2D eigenvalue weighted by atomic mass is 16.2. The van der Waals surface area contributed by atoms with Gasteiger partial charge < -0.3 is 10.2 Å². The third-order valence-corrected chi connectivity index (χ3v) is 2.37. The molecule has 0 saturated carbocycles. The number of anilines is 1. The molecule has 0 spiro atoms. The van der Waals surface area contributed by atoms with Crippen LogP contribution in [0.2, 0.25) is 0 Å². The summed E-state index contributed by atoms with van der Waals surface area (Å²) in [4.78, 5) is 21.5. The van der Waals surface area contributed by atoms with Crippen LogP contribution in [0, 0.1) is 0 Å². The Morgan fingerprint density at radius 2 is 2.00 bits per heavy atom. The lowest BCUT2D eigenvalue weighted by molar-refractivity contribution is -0.126. The number of amides is 1. The number of rotatable bonds is 3. The van der Waals surface area contributed by atoms with E-state index in [9.17, 15) is 4.79 Å². The van der Waals surface area contributed by atoms with Gasteiger partial charge >= 0.3 is 0 Å². The Morgan fingerprint density at radius 1 is 1.29 bits per heavy atom. The van der Waals surface area contributed by atoms with Crippen LogP contribution in [-0.2, 0) is 4.79 Å². The van der Waals surface area contributed by atoms with Gasteiger partial charge in [-0.05, 0) is 12.1 Å². The molecule has 1 heterocycles. The first-order valence-electron chi connectivity index (χ1n) is 5.32. The highest BCUT2D eigenvalue weighted by molar-refractivity contribution is 5.80. The van der Waals surface area contributed by atoms with E-state index in [2.05, 4.69) is 15.3 Å². The first-order valence-corrected chi connectivity index (χ1v) is 5.32. The van der Waals surface area contributed by atoms with E-state index in [0.717, 1.165) is 11.0 Å². The molecule has 2 rings (SSSR count). The van der Waals surface area contributed by atoms with Gasteiger partial charge in [-0.1, -0.05) is 12.1 Å². The highest BCUT2D eigenvalue weighted by Crippen LogP contribution is 2.10. The maximum atomic E-state index is 11.4. The quantitative estimate of drug-likeness (QED) is 0.858. The summed E-state index contributed by atoms with van der Waals surface area (Å²) in [5, 5.41) is 2.95. The van der Waals surface area contributed by atoms with Crippen LogP contribution in [0.1, 0.15) is 0 Å². The van der Waals surface area contributed by atoms with Crippen molar-refractivity contribution in [2.75, 3.05) is 26.0 Å². The Balaban J connectivity index is 2.12. The second-order valence-corrected chi connectivity index (χ2v) is 3.89. The molecule has 0 saturated heterocycles. The van der Waals surface area contributed by atoms with E-state index in [4.69, 9.17) is 0 Å². The van der Waals surface area contributed by atoms with Gasteiger partial charge in [0.15, 0.2) is 0 Å². The average molecular weight is 230 g/mol. The van der Waals surface area contributed by atoms with Gasteiger partial charge in [-0.2, -0.15) is 0 Å². The minimum atomic E-state index is -0.0000383. The van der Waals surface area contributed by atoms with Crippen molar-refractivity contribution in [1.82, 2.24) is 14.9 Å². The molecule has 2 aromatic rings. The van der Waals surface area contributed by atoms with Gasteiger partial charge in [-0.3, -0.25) is 9.78 Å². The minimum Gasteiger partial charge on any atom is -0.360 e. The Morgan fingerprint density at radius 3 is 2.71 bits per heavy atom. The number of benzene rings is 1. The number of aromatic nitrogens is 2. The monoisotopic (exact) mass is 230 g/mol. The number of hydrogen-bond donors (Lipinski definition) is 1. The predicted octanol–water partition coefficient (Wildman–Crippen LogP) is 1.13. The Labute approximate surface area is 99.5 Å². The zero-order valence-electron chi connectivity index (χ0n) is 9.84. The number of nitrogens with one attached hydrogen (secondary N) is 1. The van der Waals surface area contributed by atoms with E-state index in [1.54, 1.807) is 20.3 Å². The third-order valence-electron chi connectivity index (χ3n) is 2.37. The molecule has 0 fully saturated rings. The van der Waals surface area contributed by atoms with E-state index in [1.165, 1.54) is 4.90 Å². The van der Waals surface area contributed by atoms with E-state index in [0.29, 0.717) is 5.82 Å². The van der Waals surface area contributed by atoms with E-state index in [-0.39, 0.29) is 12.5 Å². The van der Waals surface area contributed by atoms with Crippen molar-refractivity contribution in [1.29, 1.82) is 0 Å². The standard InChI is InChI=1S/C12H14N4O/c1-16(2)12(17)8-14-11-7-13-9-5-3-4-6-10(9)15-11/h3-7H,8H2,1-2H3,(H,14,15). The fourth-order valence-electron chi connectivity index (χ4n) is 1.37. The van der Waals surface area contributed by atoms with E-state index >= 15 is 0 Å². The Kier molecular flexibility index (Phi) is 3.18. The summed E-state index contributed by atoms with van der Waals surface area (Å²) < 4.78 is 0. The molecule has 1 amide bonds. The van der Waals surface area contributed by atoms with Crippen molar-refractivity contribution in [2.45, 2.75) is 0 Å². The molecule has 5 nitrogen and oxygen atoms in total. The molecule has 1 aromatic carbocycles. The van der Waals surface area contributed by atoms with Crippen LogP contribution in [0.15, 0.2) is 30.5 Å². The second-order valence-electron chi connectivity index (χ2n) is 3.89. The molecule has 0 bridgehead atoms. The van der Waals surface area contributed by atoms with E-state index in [1.807, 2.05) is 24.3 Å². The molecule has 5 heteroatoms. The first kappa shape index (κ1) is 11.3. The molecule has 17 heavy (non-hydrogen) atoms. The van der Waals surface area contributed by atoms with Crippen molar-refractivity contribution < 1.29 is 4.79 Å². The summed E-state index contributed by atoms with van der Waals surface area (Å²) in [6, 6.07) is 7.61. The van der Waals surface area contributed by atoms with Gasteiger partial charge in [0.05, 0.1) is 23.8 Å². The Hall–Kier alpha value is -2.17. The summed E-state index contributed by atoms with van der Waals surface area (Å²) >= 11 is 0. The highest BCUT2D eigenvalue weighted by Gasteiger charge is 2.04. The summed E-state index contributed by atoms with van der Waals surface area (Å²) in [5.41, 5.74) is 1.66. The van der Waals surface area contributed by atoms with Crippen LogP contribution < -0.4 is 5.32 Å². The van der Waals surface area contributed by atoms with E-state index < -0.39 is 0 Å². The minimum absolute atomic E-state index is 0.0000383. The number of fused-ring (bicyclic) bond motifs is 1. The SMILES string of the molecule is CN(C)C(=O)CNc1cnc2ccccc2n1. The lowest BCUT2D eigenvalue weighted by Gasteiger charge is -2.11. The Bertz CT molecular complexity index is 539. The molecule has 0 radical (unpaired) electrons. The normalized spacial score (nSPS) is 10.2. The largest absolute Gasteiger partial charge is 0.360 e. The number of carbonyl (C=O) groups is 1. The summed E-state index contributed by atoms with van der Waals surface area (Å²) in [6.07, 6.45) is 1.63. The van der Waals surface area contributed by atoms with Gasteiger partial charge in [0.2, 0.25) is 5.91 Å². The molecule has 0 unspecified atom stereocenters. The number of hydrogen-bond acceptors (Lipinski definition) is 4. The number of likely N-dealkylation sites (N-methyl/N-ethyl adjacent to an activating group) is 1. The van der Waals surface area contributed by atoms with Crippen molar-refractivity contribution in [3.8, 4) is 0 Å². The van der Waals surface area contributed by atoms with Gasteiger partial charge in [-0.15, -0.1) is 0 Å². The van der Waals surface area contributed by atoms with Crippen LogP contribution in [-0.4, -0.2) is 41.4 Å². The molecule has 88 valence electrons. The molecule has 0 aliphatic carbocycles. The lowest BCUT2D eigenvalue weighted by atomic mass is 10.3. The number of carbonyl (C=O) groups excluding carboxylic acids is 1. The van der Waals surface area contributed by atoms with Gasteiger partial charge in [-0.25, -0.2) is 4.98 Å². The molecule has 0 aliphatic rings. The zero-order valence-corrected chi connectivity index (χ0v) is 9.84. The lowest BCUT2D eigenvalue weighted by Crippen LogP contribution is -2.28. The maximum absolute atomic E-state index is 11.4. The molecular weight excluding hydrogens is 216 g/mol. The van der Waals surface area contributed by atoms with Crippen molar-refractivity contribution >= 4 is 22.8 Å². The molecule has 0 aliphatic heterocycles. The predicted molar refractivity (Wildman–Crippen MR) is 66.7 cm³/mol. The molecular formula is C12H14N4O. The topological polar surface area (TPSA) is 58.1 Å². The van der Waals surface area contributed by atoms with Crippen LogP contribution >= 0.6 is 0 Å². The van der Waals surface area contributed by atoms with Crippen molar-refractivity contribution in [3.63, 3.8) is 0 Å². The smallest absolute Gasteiger partial charge is 0.241 e. The summed E-state index contributed by atoms with van der Waals surface area (Å²) in [6.45, 7) is 0.222. The summed E-state index contributed by atoms with van der Waals surface area (Å²) in [7, 11) is 3.44. The third kappa shape index (κ3) is 2.69. The molecule has 0 atom stereocenters. The molecule has 1 aromatic heterocycles. The number of para-hydroxylation sites is 2. The average Bonchev–Trinajstić information content (AvgIpc) is 2.35. The van der Waals surface area contributed by atoms with Gasteiger partial charge in [0.1, 0.15) is 5.82 Å². The fourth-order valence-corrected chi connectivity index (χ4v) is 1.37.